The SMILES string of the molecule is CCN(CC)S(=O)(=O)c1cccc(C(=O)OCC(=O)N2N=C(c3ccc(Cl)cc3)C[C@@H]2c2ccco2)c1. The molecule has 1 aliphatic heterocycles. The zero-order valence-electron chi connectivity index (χ0n) is 20.3. The fourth-order valence-corrected chi connectivity index (χ4v) is 5.66. The molecule has 1 amide bonds. The highest BCUT2D eigenvalue weighted by atomic mass is 35.5. The van der Waals surface area contributed by atoms with Crippen LogP contribution in [0.3, 0.4) is 0 Å². The summed E-state index contributed by atoms with van der Waals surface area (Å²) >= 11 is 5.99. The Labute approximate surface area is 220 Å². The van der Waals surface area contributed by atoms with Gasteiger partial charge in [-0.3, -0.25) is 4.79 Å². The van der Waals surface area contributed by atoms with Crippen LogP contribution in [0.25, 0.3) is 0 Å². The third-order valence-corrected chi connectivity index (χ3v) is 8.25. The molecule has 9 nitrogen and oxygen atoms in total. The molecule has 0 radical (unpaired) electrons. The summed E-state index contributed by atoms with van der Waals surface area (Å²) in [6, 6.07) is 15.6. The second-order valence-electron chi connectivity index (χ2n) is 8.22. The lowest BCUT2D eigenvalue weighted by molar-refractivity contribution is -0.136. The van der Waals surface area contributed by atoms with Gasteiger partial charge in [0.1, 0.15) is 11.8 Å². The third-order valence-electron chi connectivity index (χ3n) is 5.95. The fourth-order valence-electron chi connectivity index (χ4n) is 4.03. The number of hydrogen-bond acceptors (Lipinski definition) is 7. The average Bonchev–Trinajstić information content (AvgIpc) is 3.59. The molecule has 0 unspecified atom stereocenters. The first kappa shape index (κ1) is 26.6. The maximum Gasteiger partial charge on any atom is 0.338 e. The van der Waals surface area contributed by atoms with Gasteiger partial charge >= 0.3 is 5.97 Å². The molecular weight excluding hydrogens is 518 g/mol. The Kier molecular flexibility index (Phi) is 8.11. The van der Waals surface area contributed by atoms with Crippen LogP contribution in [0.1, 0.15) is 48.0 Å². The van der Waals surface area contributed by atoms with E-state index in [0.29, 0.717) is 36.0 Å². The molecule has 37 heavy (non-hydrogen) atoms. The van der Waals surface area contributed by atoms with Gasteiger partial charge in [-0.2, -0.15) is 9.41 Å². The largest absolute Gasteiger partial charge is 0.467 e. The summed E-state index contributed by atoms with van der Waals surface area (Å²) in [6.45, 7) is 3.49. The van der Waals surface area contributed by atoms with Gasteiger partial charge in [0.15, 0.2) is 6.61 Å². The Hall–Kier alpha value is -3.47. The first-order valence-corrected chi connectivity index (χ1v) is 13.5. The Morgan fingerprint density at radius 2 is 1.84 bits per heavy atom. The first-order valence-electron chi connectivity index (χ1n) is 11.7. The van der Waals surface area contributed by atoms with Crippen molar-refractivity contribution in [2.75, 3.05) is 19.7 Å². The molecule has 1 aromatic heterocycles. The van der Waals surface area contributed by atoms with Crippen LogP contribution in [-0.2, 0) is 19.6 Å². The van der Waals surface area contributed by atoms with Crippen molar-refractivity contribution in [1.29, 1.82) is 0 Å². The Morgan fingerprint density at radius 3 is 2.49 bits per heavy atom. The van der Waals surface area contributed by atoms with Gasteiger partial charge in [0.05, 0.1) is 22.4 Å². The zero-order chi connectivity index (χ0) is 26.6. The summed E-state index contributed by atoms with van der Waals surface area (Å²) in [4.78, 5) is 25.8. The lowest BCUT2D eigenvalue weighted by atomic mass is 10.0. The van der Waals surface area contributed by atoms with E-state index in [1.807, 2.05) is 12.1 Å². The van der Waals surface area contributed by atoms with Crippen LogP contribution < -0.4 is 0 Å². The minimum Gasteiger partial charge on any atom is -0.467 e. The van der Waals surface area contributed by atoms with Crippen LogP contribution in [0.4, 0.5) is 0 Å². The van der Waals surface area contributed by atoms with Gasteiger partial charge in [-0.1, -0.05) is 43.6 Å². The summed E-state index contributed by atoms with van der Waals surface area (Å²) in [5.74, 6) is -0.826. The number of rotatable bonds is 9. The molecule has 0 saturated heterocycles. The van der Waals surface area contributed by atoms with Crippen molar-refractivity contribution in [1.82, 2.24) is 9.31 Å². The lowest BCUT2D eigenvalue weighted by Crippen LogP contribution is -2.31. The van der Waals surface area contributed by atoms with E-state index in [4.69, 9.17) is 20.8 Å². The number of furan rings is 1. The van der Waals surface area contributed by atoms with E-state index in [1.165, 1.54) is 39.8 Å². The summed E-state index contributed by atoms with van der Waals surface area (Å²) in [7, 11) is -3.76. The topological polar surface area (TPSA) is 109 Å². The summed E-state index contributed by atoms with van der Waals surface area (Å²) < 4.78 is 37.7. The number of halogens is 1. The van der Waals surface area contributed by atoms with Gasteiger partial charge in [0.25, 0.3) is 5.91 Å². The zero-order valence-corrected chi connectivity index (χ0v) is 21.9. The van der Waals surface area contributed by atoms with Crippen LogP contribution in [0.15, 0.2) is 81.3 Å². The van der Waals surface area contributed by atoms with E-state index in [-0.39, 0.29) is 10.5 Å². The van der Waals surface area contributed by atoms with Gasteiger partial charge < -0.3 is 9.15 Å². The number of carbonyl (C=O) groups is 2. The van der Waals surface area contributed by atoms with Gasteiger partial charge in [-0.25, -0.2) is 18.2 Å². The Morgan fingerprint density at radius 1 is 1.11 bits per heavy atom. The lowest BCUT2D eigenvalue weighted by Gasteiger charge is -2.20. The first-order chi connectivity index (χ1) is 17.7. The average molecular weight is 544 g/mol. The molecule has 11 heteroatoms. The Bertz CT molecular complexity index is 1400. The van der Waals surface area contributed by atoms with Crippen LogP contribution >= 0.6 is 11.6 Å². The maximum atomic E-state index is 13.1. The smallest absolute Gasteiger partial charge is 0.338 e. The van der Waals surface area contributed by atoms with E-state index >= 15 is 0 Å². The molecule has 0 N–H and O–H groups in total. The predicted molar refractivity (Wildman–Crippen MR) is 138 cm³/mol. The number of benzene rings is 2. The van der Waals surface area contributed by atoms with Crippen molar-refractivity contribution in [3.05, 3.63) is 88.8 Å². The molecule has 2 aromatic carbocycles. The van der Waals surface area contributed by atoms with E-state index in [0.717, 1.165) is 5.56 Å². The van der Waals surface area contributed by atoms with Crippen molar-refractivity contribution in [3.8, 4) is 0 Å². The van der Waals surface area contributed by atoms with Gasteiger partial charge in [0.2, 0.25) is 10.0 Å². The fraction of sp³-hybridized carbons (Fsp3) is 0.269. The van der Waals surface area contributed by atoms with Crippen molar-refractivity contribution >= 4 is 39.2 Å². The van der Waals surface area contributed by atoms with E-state index in [2.05, 4.69) is 5.10 Å². The summed E-state index contributed by atoms with van der Waals surface area (Å²) in [5, 5.41) is 6.31. The van der Waals surface area contributed by atoms with E-state index < -0.39 is 34.5 Å². The van der Waals surface area contributed by atoms with Crippen molar-refractivity contribution in [3.63, 3.8) is 0 Å². The molecule has 0 fully saturated rings. The summed E-state index contributed by atoms with van der Waals surface area (Å²) in [5.41, 5.74) is 1.49. The third kappa shape index (κ3) is 5.76. The molecule has 0 saturated carbocycles. The number of hydrazone groups is 1. The van der Waals surface area contributed by atoms with Crippen LogP contribution in [0.2, 0.25) is 5.02 Å². The monoisotopic (exact) mass is 543 g/mol. The number of nitrogens with zero attached hydrogens (tertiary/aromatic N) is 3. The molecule has 4 rings (SSSR count). The van der Waals surface area contributed by atoms with Crippen molar-refractivity contribution in [2.45, 2.75) is 31.2 Å². The number of ether oxygens (including phenoxy) is 1. The van der Waals surface area contributed by atoms with Crippen LogP contribution in [0.5, 0.6) is 0 Å². The highest BCUT2D eigenvalue weighted by molar-refractivity contribution is 7.89. The second-order valence-corrected chi connectivity index (χ2v) is 10.6. The summed E-state index contributed by atoms with van der Waals surface area (Å²) in [6.07, 6.45) is 1.91. The molecule has 1 atom stereocenters. The molecule has 0 spiro atoms. The number of carbonyl (C=O) groups excluding carboxylic acids is 2. The minimum atomic E-state index is -3.76. The van der Waals surface area contributed by atoms with Gasteiger partial charge in [-0.05, 0) is 48.0 Å². The number of amides is 1. The minimum absolute atomic E-state index is 0.0217. The molecule has 0 bridgehead atoms. The molecule has 194 valence electrons. The number of hydrogen-bond donors (Lipinski definition) is 0. The maximum absolute atomic E-state index is 13.1. The highest BCUT2D eigenvalue weighted by Crippen LogP contribution is 2.33. The second kappa shape index (κ2) is 11.3. The molecular formula is C26H26ClN3O6S. The number of esters is 1. The van der Waals surface area contributed by atoms with Crippen LogP contribution in [0, 0.1) is 0 Å². The molecule has 3 aromatic rings. The van der Waals surface area contributed by atoms with E-state index in [1.54, 1.807) is 38.1 Å². The van der Waals surface area contributed by atoms with Crippen molar-refractivity contribution < 1.29 is 27.2 Å². The Balaban J connectivity index is 1.50. The van der Waals surface area contributed by atoms with Gasteiger partial charge in [-0.15, -0.1) is 0 Å². The van der Waals surface area contributed by atoms with Gasteiger partial charge in [0, 0.05) is 24.5 Å². The number of sulfonamides is 1. The van der Waals surface area contributed by atoms with E-state index in [9.17, 15) is 18.0 Å². The normalized spacial score (nSPS) is 15.6. The molecule has 1 aliphatic rings. The van der Waals surface area contributed by atoms with Crippen LogP contribution in [-0.4, -0.2) is 55.0 Å². The standard InChI is InChI=1S/C26H26ClN3O6S/c1-3-29(4-2)37(33,34)21-8-5-7-19(15-21)26(32)36-17-25(31)30-23(24-9-6-14-35-24)16-22(28-30)18-10-12-20(27)13-11-18/h5-15,23H,3-4,16-17H2,1-2H3/t23-/m1/s1. The highest BCUT2D eigenvalue weighted by Gasteiger charge is 2.35. The van der Waals surface area contributed by atoms with Crippen molar-refractivity contribution in [2.24, 2.45) is 5.10 Å². The molecule has 0 aliphatic carbocycles. The molecule has 2 heterocycles. The predicted octanol–water partition coefficient (Wildman–Crippen LogP) is 4.50. The quantitative estimate of drug-likeness (QED) is 0.368.